The second-order valence-electron chi connectivity index (χ2n) is 17.7. The summed E-state index contributed by atoms with van der Waals surface area (Å²) >= 11 is 0. The summed E-state index contributed by atoms with van der Waals surface area (Å²) in [4.78, 5) is 11.9. The second kappa shape index (κ2) is 18.8. The van der Waals surface area contributed by atoms with Crippen molar-refractivity contribution in [3.63, 3.8) is 0 Å². The number of hydrogen-bond acceptors (Lipinski definition) is 6. The van der Waals surface area contributed by atoms with Crippen molar-refractivity contribution >= 4 is 30.9 Å². The molecule has 0 aromatic rings. The Bertz CT molecular complexity index is 947. The summed E-state index contributed by atoms with van der Waals surface area (Å²) in [7, 11) is -6.20. The van der Waals surface area contributed by atoms with E-state index in [4.69, 9.17) is 22.8 Å². The zero-order chi connectivity index (χ0) is 37.5. The highest BCUT2D eigenvalue weighted by atomic mass is 28.4. The zero-order valence-corrected chi connectivity index (χ0v) is 37.8. The number of aliphatic carboxylic acids is 1. The number of carboxylic acid groups (broad SMARTS) is 1. The lowest BCUT2D eigenvalue weighted by Crippen LogP contribution is -2.66. The van der Waals surface area contributed by atoms with Crippen LogP contribution >= 0.6 is 0 Å². The van der Waals surface area contributed by atoms with Gasteiger partial charge in [-0.25, -0.2) is 0 Å². The zero-order valence-electron chi connectivity index (χ0n) is 34.8. The molecule has 0 bridgehead atoms. The van der Waals surface area contributed by atoms with Crippen LogP contribution in [0.5, 0.6) is 0 Å². The van der Waals surface area contributed by atoms with Gasteiger partial charge in [-0.05, 0) is 77.6 Å². The summed E-state index contributed by atoms with van der Waals surface area (Å²) in [5, 5.41) is 9.78. The van der Waals surface area contributed by atoms with E-state index in [1.54, 1.807) is 0 Å². The van der Waals surface area contributed by atoms with Crippen LogP contribution in [0.25, 0.3) is 0 Å². The van der Waals surface area contributed by atoms with E-state index in [1.807, 2.05) is 0 Å². The third-order valence-corrected chi connectivity index (χ3v) is 30.0. The Kier molecular flexibility index (Phi) is 17.3. The Labute approximate surface area is 306 Å². The fourth-order valence-corrected chi connectivity index (χ4v) is 24.3. The molecule has 1 N–H and O–H groups in total. The Hall–Kier alpha value is -0.0794. The van der Waals surface area contributed by atoms with Crippen molar-refractivity contribution in [3.05, 3.63) is 0 Å². The number of rotatable bonds is 21. The predicted molar refractivity (Wildman–Crippen MR) is 212 cm³/mol. The lowest BCUT2D eigenvalue weighted by Gasteiger charge is -2.56. The maximum Gasteiger partial charge on any atom is 0.303 e. The first-order chi connectivity index (χ1) is 22.7. The lowest BCUT2D eigenvalue weighted by molar-refractivity contribution is -0.278. The van der Waals surface area contributed by atoms with Crippen LogP contribution in [0.1, 0.15) is 149 Å². The first-order valence-electron chi connectivity index (χ1n) is 20.3. The topological polar surface area (TPSA) is 83.5 Å². The molecule has 0 saturated carbocycles. The van der Waals surface area contributed by atoms with Gasteiger partial charge in [-0.3, -0.25) is 4.79 Å². The third-order valence-electron chi connectivity index (χ3n) is 13.1. The van der Waals surface area contributed by atoms with Crippen LogP contribution < -0.4 is 0 Å². The minimum absolute atomic E-state index is 0.0539. The monoisotopic (exact) mass is 745 g/mol. The van der Waals surface area contributed by atoms with E-state index in [9.17, 15) is 9.90 Å². The molecule has 0 radical (unpaired) electrons. The number of hydrogen-bond donors (Lipinski definition) is 1. The molecule has 0 aromatic heterocycles. The standard InChI is InChI=1S/C39H80O7Si3/c1-17-47(18-2,19-3)46-36-26-34-38(44-39(36,16)23-22-37(40)41)35(45-49(30(10)11,31(12)13)32(14)15)25-33(43-34)21-20-24-42-48(27(4)5,28(6)7)29(8)9/h27-36,38H,17-26H2,1-16H3,(H,40,41)/t33-,34-,35+,36+,38-,39-/m1/s1. The van der Waals surface area contributed by atoms with Crippen LogP contribution in [0.4, 0.5) is 0 Å². The van der Waals surface area contributed by atoms with Gasteiger partial charge in [0, 0.05) is 25.9 Å². The first kappa shape index (κ1) is 45.1. The maximum atomic E-state index is 11.9. The number of carbonyl (C=O) groups is 1. The van der Waals surface area contributed by atoms with Gasteiger partial charge in [-0.1, -0.05) is 104 Å². The fourth-order valence-electron chi connectivity index (χ4n) is 10.3. The Morgan fingerprint density at radius 2 is 1.27 bits per heavy atom. The summed E-state index contributed by atoms with van der Waals surface area (Å²) < 4.78 is 36.0. The molecule has 6 atom stereocenters. The van der Waals surface area contributed by atoms with E-state index < -0.39 is 36.5 Å². The van der Waals surface area contributed by atoms with Gasteiger partial charge in [-0.2, -0.15) is 0 Å². The van der Waals surface area contributed by atoms with E-state index >= 15 is 0 Å². The minimum Gasteiger partial charge on any atom is -0.481 e. The van der Waals surface area contributed by atoms with Crippen molar-refractivity contribution in [2.75, 3.05) is 6.61 Å². The molecule has 7 nitrogen and oxygen atoms in total. The number of fused-ring (bicyclic) bond motifs is 1. The summed E-state index contributed by atoms with van der Waals surface area (Å²) in [6.07, 6.45) is 3.21. The first-order valence-corrected chi connectivity index (χ1v) is 27.1. The molecule has 0 unspecified atom stereocenters. The van der Waals surface area contributed by atoms with Crippen molar-refractivity contribution < 1.29 is 32.7 Å². The smallest absolute Gasteiger partial charge is 0.303 e. The highest BCUT2D eigenvalue weighted by Crippen LogP contribution is 2.49. The Balaban J connectivity index is 2.50. The molecule has 49 heavy (non-hydrogen) atoms. The van der Waals surface area contributed by atoms with E-state index in [-0.39, 0.29) is 36.9 Å². The summed E-state index contributed by atoms with van der Waals surface area (Å²) in [6.45, 7) is 37.8. The van der Waals surface area contributed by atoms with Crippen molar-refractivity contribution in [1.82, 2.24) is 0 Å². The van der Waals surface area contributed by atoms with Crippen molar-refractivity contribution in [3.8, 4) is 0 Å². The molecule has 0 aliphatic carbocycles. The highest BCUT2D eigenvalue weighted by molar-refractivity contribution is 6.78. The number of ether oxygens (including phenoxy) is 2. The Morgan fingerprint density at radius 1 is 0.776 bits per heavy atom. The van der Waals surface area contributed by atoms with Gasteiger partial charge >= 0.3 is 5.97 Å². The van der Waals surface area contributed by atoms with Crippen LogP contribution in [0, 0.1) is 0 Å². The predicted octanol–water partition coefficient (Wildman–Crippen LogP) is 11.5. The molecule has 2 rings (SSSR count). The molecule has 2 aliphatic heterocycles. The molecule has 0 aromatic carbocycles. The van der Waals surface area contributed by atoms with E-state index in [1.165, 1.54) is 0 Å². The van der Waals surface area contributed by atoms with E-state index in [0.29, 0.717) is 46.1 Å². The molecule has 2 fully saturated rings. The molecule has 2 saturated heterocycles. The SMILES string of the molecule is CC[Si](CC)(CC)O[C@H]1C[C@H]2O[C@H](CCCO[Si](C(C)C)(C(C)C)C(C)C)C[C@H](O[Si](C(C)C)(C(C)C)C(C)C)[C@@H]2O[C@]1(C)CCC(=O)O. The average Bonchev–Trinajstić information content (AvgIpc) is 3.01. The van der Waals surface area contributed by atoms with Gasteiger partial charge < -0.3 is 27.9 Å². The van der Waals surface area contributed by atoms with Crippen LogP contribution in [0.3, 0.4) is 0 Å². The quantitative estimate of drug-likeness (QED) is 0.0925. The molecule has 2 heterocycles. The molecular formula is C39H80O7Si3. The minimum atomic E-state index is -2.25. The lowest BCUT2D eigenvalue weighted by atomic mass is 9.81. The molecule has 2 aliphatic rings. The molecule has 0 spiro atoms. The van der Waals surface area contributed by atoms with Crippen molar-refractivity contribution in [2.24, 2.45) is 0 Å². The van der Waals surface area contributed by atoms with Crippen LogP contribution in [-0.2, 0) is 27.5 Å². The van der Waals surface area contributed by atoms with E-state index in [2.05, 4.69) is 111 Å². The highest BCUT2D eigenvalue weighted by Gasteiger charge is 2.57. The van der Waals surface area contributed by atoms with Crippen molar-refractivity contribution in [1.29, 1.82) is 0 Å². The molecule has 290 valence electrons. The van der Waals surface area contributed by atoms with Crippen LogP contribution in [0.2, 0.25) is 51.4 Å². The van der Waals surface area contributed by atoms with Gasteiger partial charge in [0.15, 0.2) is 16.6 Å². The van der Waals surface area contributed by atoms with E-state index in [0.717, 1.165) is 44.0 Å². The van der Waals surface area contributed by atoms with Crippen LogP contribution in [0.15, 0.2) is 0 Å². The maximum absolute atomic E-state index is 11.9. The number of carboxylic acids is 1. The molecule has 10 heteroatoms. The second-order valence-corrected chi connectivity index (χ2v) is 33.3. The normalized spacial score (nSPS) is 27.3. The third kappa shape index (κ3) is 10.1. The van der Waals surface area contributed by atoms with Gasteiger partial charge in [0.25, 0.3) is 0 Å². The largest absolute Gasteiger partial charge is 0.481 e. The van der Waals surface area contributed by atoms with Gasteiger partial charge in [-0.15, -0.1) is 0 Å². The molecular weight excluding hydrogens is 665 g/mol. The Morgan fingerprint density at radius 3 is 1.69 bits per heavy atom. The average molecular weight is 745 g/mol. The van der Waals surface area contributed by atoms with Crippen LogP contribution in [-0.4, -0.2) is 78.8 Å². The van der Waals surface area contributed by atoms with Gasteiger partial charge in [0.1, 0.15) is 6.10 Å². The summed E-state index contributed by atoms with van der Waals surface area (Å²) in [6, 6.07) is 3.11. The van der Waals surface area contributed by atoms with Gasteiger partial charge in [0.05, 0.1) is 30.0 Å². The summed E-state index contributed by atoms with van der Waals surface area (Å²) in [5.74, 6) is -0.795. The molecule has 0 amide bonds. The van der Waals surface area contributed by atoms with Crippen molar-refractivity contribution in [2.45, 2.75) is 237 Å². The fraction of sp³-hybridized carbons (Fsp3) is 0.974. The summed E-state index contributed by atoms with van der Waals surface area (Å²) in [5.41, 5.74) is 2.32. The van der Waals surface area contributed by atoms with Gasteiger partial charge in [0.2, 0.25) is 8.32 Å².